The molecule has 1 heterocycles. The summed E-state index contributed by atoms with van der Waals surface area (Å²) in [6.07, 6.45) is 4.04. The molecule has 1 fully saturated rings. The summed E-state index contributed by atoms with van der Waals surface area (Å²) in [6, 6.07) is 0.196. The van der Waals surface area contributed by atoms with Crippen LogP contribution >= 0.6 is 0 Å². The van der Waals surface area contributed by atoms with Gasteiger partial charge in [0.25, 0.3) is 0 Å². The third-order valence-electron chi connectivity index (χ3n) is 3.75. The predicted molar refractivity (Wildman–Crippen MR) is 70.8 cm³/mol. The monoisotopic (exact) mass is 241 g/mol. The minimum Gasteiger partial charge on any atom is -0.338 e. The van der Waals surface area contributed by atoms with Crippen LogP contribution in [0.2, 0.25) is 0 Å². The van der Waals surface area contributed by atoms with E-state index in [1.165, 1.54) is 0 Å². The third-order valence-corrected chi connectivity index (χ3v) is 3.75. The molecule has 2 N–H and O–H groups in total. The maximum absolute atomic E-state index is 12.2. The molecule has 1 rings (SSSR count). The molecule has 0 radical (unpaired) electrons. The molecule has 0 saturated carbocycles. The van der Waals surface area contributed by atoms with E-state index in [1.807, 2.05) is 4.90 Å². The molecule has 100 valence electrons. The van der Waals surface area contributed by atoms with Crippen LogP contribution in [0.1, 0.15) is 39.5 Å². The molecule has 0 bridgehead atoms. The standard InChI is InChI=1S/C13H27N3O/c1-4-6-7-12(14)13(17)16-9-8-15(3)11(5-2)10-16/h11-12H,4-10,14H2,1-3H3. The van der Waals surface area contributed by atoms with Crippen LogP contribution in [0.4, 0.5) is 0 Å². The van der Waals surface area contributed by atoms with Crippen molar-refractivity contribution >= 4 is 5.91 Å². The molecule has 0 spiro atoms. The number of nitrogens with two attached hydrogens (primary N) is 1. The number of hydrogen-bond acceptors (Lipinski definition) is 3. The van der Waals surface area contributed by atoms with Gasteiger partial charge in [-0.1, -0.05) is 26.7 Å². The number of piperazine rings is 1. The highest BCUT2D eigenvalue weighted by Gasteiger charge is 2.28. The topological polar surface area (TPSA) is 49.6 Å². The first kappa shape index (κ1) is 14.5. The second-order valence-electron chi connectivity index (χ2n) is 5.08. The first-order valence-corrected chi connectivity index (χ1v) is 6.84. The second kappa shape index (κ2) is 6.97. The summed E-state index contributed by atoms with van der Waals surface area (Å²) in [6.45, 7) is 6.92. The molecule has 1 aliphatic heterocycles. The summed E-state index contributed by atoms with van der Waals surface area (Å²) >= 11 is 0. The Hall–Kier alpha value is -0.610. The smallest absolute Gasteiger partial charge is 0.239 e. The summed E-state index contributed by atoms with van der Waals surface area (Å²) in [4.78, 5) is 16.4. The van der Waals surface area contributed by atoms with Crippen LogP contribution in [0.5, 0.6) is 0 Å². The van der Waals surface area contributed by atoms with Crippen molar-refractivity contribution in [2.75, 3.05) is 26.7 Å². The summed E-state index contributed by atoms with van der Waals surface area (Å²) in [5.41, 5.74) is 5.95. The highest BCUT2D eigenvalue weighted by molar-refractivity contribution is 5.81. The lowest BCUT2D eigenvalue weighted by molar-refractivity contribution is -0.135. The Morgan fingerprint density at radius 2 is 2.12 bits per heavy atom. The lowest BCUT2D eigenvalue weighted by atomic mass is 10.1. The van der Waals surface area contributed by atoms with Gasteiger partial charge in [-0.05, 0) is 19.9 Å². The number of unbranched alkanes of at least 4 members (excludes halogenated alkanes) is 1. The molecule has 1 aliphatic rings. The van der Waals surface area contributed by atoms with Gasteiger partial charge in [-0.3, -0.25) is 9.69 Å². The number of rotatable bonds is 5. The van der Waals surface area contributed by atoms with Crippen molar-refractivity contribution < 1.29 is 4.79 Å². The summed E-state index contributed by atoms with van der Waals surface area (Å²) in [5.74, 6) is 0.144. The Kier molecular flexibility index (Phi) is 5.92. The predicted octanol–water partition coefficient (Wildman–Crippen LogP) is 1.06. The van der Waals surface area contributed by atoms with Crippen molar-refractivity contribution in [3.05, 3.63) is 0 Å². The van der Waals surface area contributed by atoms with E-state index in [4.69, 9.17) is 5.73 Å². The molecule has 0 aromatic rings. The van der Waals surface area contributed by atoms with E-state index in [9.17, 15) is 4.79 Å². The van der Waals surface area contributed by atoms with Gasteiger partial charge in [0.15, 0.2) is 0 Å². The first-order valence-electron chi connectivity index (χ1n) is 6.84. The Labute approximate surface area is 105 Å². The lowest BCUT2D eigenvalue weighted by Crippen LogP contribution is -2.56. The summed E-state index contributed by atoms with van der Waals surface area (Å²) < 4.78 is 0. The largest absolute Gasteiger partial charge is 0.338 e. The zero-order valence-electron chi connectivity index (χ0n) is 11.5. The number of amides is 1. The fourth-order valence-corrected chi connectivity index (χ4v) is 2.37. The number of carbonyl (C=O) groups excluding carboxylic acids is 1. The van der Waals surface area contributed by atoms with Crippen LogP contribution < -0.4 is 5.73 Å². The van der Waals surface area contributed by atoms with E-state index in [1.54, 1.807) is 0 Å². The molecular weight excluding hydrogens is 214 g/mol. The van der Waals surface area contributed by atoms with Gasteiger partial charge in [0, 0.05) is 25.7 Å². The van der Waals surface area contributed by atoms with Crippen LogP contribution in [0.25, 0.3) is 0 Å². The van der Waals surface area contributed by atoms with Crippen LogP contribution in [-0.4, -0.2) is 54.5 Å². The summed E-state index contributed by atoms with van der Waals surface area (Å²) in [7, 11) is 2.13. The SMILES string of the molecule is CCCCC(N)C(=O)N1CCN(C)C(CC)C1. The van der Waals surface area contributed by atoms with E-state index < -0.39 is 0 Å². The van der Waals surface area contributed by atoms with Crippen molar-refractivity contribution in [2.24, 2.45) is 5.73 Å². The third kappa shape index (κ3) is 3.96. The molecule has 0 aliphatic carbocycles. The van der Waals surface area contributed by atoms with Crippen LogP contribution in [0.15, 0.2) is 0 Å². The van der Waals surface area contributed by atoms with Gasteiger partial charge < -0.3 is 10.6 Å². The average molecular weight is 241 g/mol. The Morgan fingerprint density at radius 1 is 1.41 bits per heavy atom. The van der Waals surface area contributed by atoms with Crippen molar-refractivity contribution in [3.63, 3.8) is 0 Å². The molecule has 0 aromatic carbocycles. The van der Waals surface area contributed by atoms with Gasteiger partial charge >= 0.3 is 0 Å². The van der Waals surface area contributed by atoms with Crippen LogP contribution in [0.3, 0.4) is 0 Å². The van der Waals surface area contributed by atoms with E-state index in [-0.39, 0.29) is 11.9 Å². The van der Waals surface area contributed by atoms with Crippen molar-refractivity contribution in [2.45, 2.75) is 51.6 Å². The highest BCUT2D eigenvalue weighted by Crippen LogP contribution is 2.12. The normalized spacial score (nSPS) is 23.8. The number of likely N-dealkylation sites (N-methyl/N-ethyl adjacent to an activating group) is 1. The maximum Gasteiger partial charge on any atom is 0.239 e. The first-order chi connectivity index (χ1) is 8.10. The van der Waals surface area contributed by atoms with Crippen molar-refractivity contribution in [1.82, 2.24) is 9.80 Å². The second-order valence-corrected chi connectivity index (χ2v) is 5.08. The zero-order chi connectivity index (χ0) is 12.8. The lowest BCUT2D eigenvalue weighted by Gasteiger charge is -2.40. The van der Waals surface area contributed by atoms with Gasteiger partial charge in [0.05, 0.1) is 6.04 Å². The van der Waals surface area contributed by atoms with Gasteiger partial charge in [-0.15, -0.1) is 0 Å². The van der Waals surface area contributed by atoms with Crippen molar-refractivity contribution in [3.8, 4) is 0 Å². The van der Waals surface area contributed by atoms with Crippen LogP contribution in [-0.2, 0) is 4.79 Å². The molecular formula is C13H27N3O. The maximum atomic E-state index is 12.2. The number of nitrogens with zero attached hydrogens (tertiary/aromatic N) is 2. The van der Waals surface area contributed by atoms with E-state index >= 15 is 0 Å². The minimum absolute atomic E-state index is 0.144. The Morgan fingerprint density at radius 3 is 2.71 bits per heavy atom. The zero-order valence-corrected chi connectivity index (χ0v) is 11.5. The fourth-order valence-electron chi connectivity index (χ4n) is 2.37. The Bertz CT molecular complexity index is 245. The average Bonchev–Trinajstić information content (AvgIpc) is 2.35. The quantitative estimate of drug-likeness (QED) is 0.783. The molecule has 0 aromatic heterocycles. The van der Waals surface area contributed by atoms with Gasteiger partial charge in [0.2, 0.25) is 5.91 Å². The van der Waals surface area contributed by atoms with Crippen LogP contribution in [0, 0.1) is 0 Å². The number of hydrogen-bond donors (Lipinski definition) is 1. The Balaban J connectivity index is 2.46. The highest BCUT2D eigenvalue weighted by atomic mass is 16.2. The van der Waals surface area contributed by atoms with Gasteiger partial charge in [-0.2, -0.15) is 0 Å². The molecule has 1 amide bonds. The number of carbonyl (C=O) groups is 1. The minimum atomic E-state index is -0.295. The van der Waals surface area contributed by atoms with Gasteiger partial charge in [0.1, 0.15) is 0 Å². The molecule has 2 atom stereocenters. The van der Waals surface area contributed by atoms with Gasteiger partial charge in [-0.25, -0.2) is 0 Å². The molecule has 2 unspecified atom stereocenters. The van der Waals surface area contributed by atoms with Crippen molar-refractivity contribution in [1.29, 1.82) is 0 Å². The molecule has 4 nitrogen and oxygen atoms in total. The fraction of sp³-hybridized carbons (Fsp3) is 0.923. The van der Waals surface area contributed by atoms with E-state index in [0.29, 0.717) is 6.04 Å². The molecule has 17 heavy (non-hydrogen) atoms. The van der Waals surface area contributed by atoms with E-state index in [0.717, 1.165) is 45.3 Å². The van der Waals surface area contributed by atoms with E-state index in [2.05, 4.69) is 25.8 Å². The molecule has 4 heteroatoms. The molecule has 1 saturated heterocycles. The summed E-state index contributed by atoms with van der Waals surface area (Å²) in [5, 5.41) is 0.